The minimum absolute atomic E-state index is 0.179. The molecule has 0 fully saturated rings. The summed E-state index contributed by atoms with van der Waals surface area (Å²) in [5.74, 6) is 0. The first-order valence-electron chi connectivity index (χ1n) is 9.47. The molecule has 3 aromatic rings. The average molecular weight is 462 g/mol. The van der Waals surface area contributed by atoms with Crippen molar-refractivity contribution in [3.63, 3.8) is 0 Å². The first-order chi connectivity index (χ1) is 16.2. The Morgan fingerprint density at radius 1 is 0.500 bits per heavy atom. The van der Waals surface area contributed by atoms with Crippen molar-refractivity contribution in [3.05, 3.63) is 123 Å². The molecule has 12 nitrogen and oxygen atoms in total. The molecule has 0 aromatic heterocycles. The molecule has 0 spiro atoms. The third-order valence-corrected chi connectivity index (χ3v) is 4.66. The Balaban J connectivity index is 1.88. The van der Waals surface area contributed by atoms with Crippen molar-refractivity contribution in [1.29, 1.82) is 0 Å². The first-order valence-corrected chi connectivity index (χ1v) is 9.47. The molecule has 0 amide bonds. The third-order valence-electron chi connectivity index (χ3n) is 4.66. The Labute approximate surface area is 190 Å². The fourth-order valence-electron chi connectivity index (χ4n) is 3.03. The fourth-order valence-corrected chi connectivity index (χ4v) is 3.03. The first kappa shape index (κ1) is 23.4. The van der Waals surface area contributed by atoms with E-state index in [1.807, 2.05) is 0 Å². The van der Waals surface area contributed by atoms with E-state index in [0.29, 0.717) is 11.1 Å². The standard InChI is InChI=1S/C22H14N4O8/c27-23(28)19-10-8-17(21(13-19)25(31)32)6-4-15-2-1-3-16(12-15)5-7-18-9-11-20(24(29)30)14-22(18)26(33)34/h1-14H. The van der Waals surface area contributed by atoms with E-state index in [0.717, 1.165) is 12.1 Å². The monoisotopic (exact) mass is 462 g/mol. The maximum Gasteiger partial charge on any atom is 0.283 e. The summed E-state index contributed by atoms with van der Waals surface area (Å²) in [5.41, 5.74) is 0.0451. The maximum atomic E-state index is 11.3. The maximum absolute atomic E-state index is 11.3. The van der Waals surface area contributed by atoms with Gasteiger partial charge < -0.3 is 0 Å². The van der Waals surface area contributed by atoms with Gasteiger partial charge in [-0.1, -0.05) is 30.4 Å². The van der Waals surface area contributed by atoms with Crippen LogP contribution < -0.4 is 0 Å². The number of nitrogens with zero attached hydrogens (tertiary/aromatic N) is 4. The van der Waals surface area contributed by atoms with E-state index in [2.05, 4.69) is 0 Å². The van der Waals surface area contributed by atoms with Crippen LogP contribution in [0.3, 0.4) is 0 Å². The second kappa shape index (κ2) is 9.91. The molecule has 0 bridgehead atoms. The van der Waals surface area contributed by atoms with Gasteiger partial charge in [0.25, 0.3) is 22.7 Å². The summed E-state index contributed by atoms with van der Waals surface area (Å²) in [6.45, 7) is 0. The third kappa shape index (κ3) is 5.50. The van der Waals surface area contributed by atoms with Gasteiger partial charge in [-0.25, -0.2) is 0 Å². The summed E-state index contributed by atoms with van der Waals surface area (Å²) in [4.78, 5) is 41.4. The van der Waals surface area contributed by atoms with Crippen LogP contribution in [-0.4, -0.2) is 19.7 Å². The topological polar surface area (TPSA) is 173 Å². The zero-order valence-electron chi connectivity index (χ0n) is 17.1. The van der Waals surface area contributed by atoms with Crippen LogP contribution in [0.1, 0.15) is 22.3 Å². The number of nitro benzene ring substituents is 4. The lowest BCUT2D eigenvalue weighted by atomic mass is 10.1. The smallest absolute Gasteiger partial charge is 0.258 e. The van der Waals surface area contributed by atoms with E-state index in [1.54, 1.807) is 36.4 Å². The zero-order chi connectivity index (χ0) is 24.8. The van der Waals surface area contributed by atoms with Crippen molar-refractivity contribution in [2.45, 2.75) is 0 Å². The van der Waals surface area contributed by atoms with Crippen molar-refractivity contribution in [1.82, 2.24) is 0 Å². The van der Waals surface area contributed by atoms with Gasteiger partial charge in [-0.05, 0) is 41.5 Å². The van der Waals surface area contributed by atoms with E-state index in [4.69, 9.17) is 0 Å². The van der Waals surface area contributed by atoms with Crippen molar-refractivity contribution in [2.24, 2.45) is 0 Å². The minimum atomic E-state index is -0.717. The Bertz CT molecular complexity index is 1280. The van der Waals surface area contributed by atoms with Gasteiger partial charge >= 0.3 is 0 Å². The molecule has 0 atom stereocenters. The molecule has 0 saturated heterocycles. The highest BCUT2D eigenvalue weighted by Crippen LogP contribution is 2.28. The highest BCUT2D eigenvalue weighted by Gasteiger charge is 2.18. The Hall–Kier alpha value is -5.26. The largest absolute Gasteiger partial charge is 0.283 e. The molecule has 170 valence electrons. The Kier molecular flexibility index (Phi) is 6.82. The van der Waals surface area contributed by atoms with Crippen LogP contribution in [0.4, 0.5) is 22.7 Å². The van der Waals surface area contributed by atoms with E-state index < -0.39 is 42.4 Å². The van der Waals surface area contributed by atoms with Crippen LogP contribution in [-0.2, 0) is 0 Å². The van der Waals surface area contributed by atoms with Gasteiger partial charge in [0.1, 0.15) is 0 Å². The second-order valence-electron chi connectivity index (χ2n) is 6.85. The molecule has 0 heterocycles. The molecular weight excluding hydrogens is 448 g/mol. The number of non-ortho nitro benzene ring substituents is 2. The molecule has 0 aliphatic rings. The van der Waals surface area contributed by atoms with Crippen molar-refractivity contribution in [3.8, 4) is 0 Å². The van der Waals surface area contributed by atoms with Gasteiger partial charge in [-0.2, -0.15) is 0 Å². The van der Waals surface area contributed by atoms with Crippen LogP contribution in [0.5, 0.6) is 0 Å². The Morgan fingerprint density at radius 2 is 0.912 bits per heavy atom. The molecule has 0 aliphatic carbocycles. The predicted molar refractivity (Wildman–Crippen MR) is 124 cm³/mol. The van der Waals surface area contributed by atoms with Crippen LogP contribution in [0, 0.1) is 40.5 Å². The summed E-state index contributed by atoms with van der Waals surface area (Å²) < 4.78 is 0. The molecule has 0 N–H and O–H groups in total. The highest BCUT2D eigenvalue weighted by molar-refractivity contribution is 5.78. The normalized spacial score (nSPS) is 11.1. The summed E-state index contributed by atoms with van der Waals surface area (Å²) in [6.07, 6.45) is 6.07. The molecule has 0 aliphatic heterocycles. The predicted octanol–water partition coefficient (Wildman–Crippen LogP) is 5.66. The number of hydrogen-bond donors (Lipinski definition) is 0. The van der Waals surface area contributed by atoms with Crippen molar-refractivity contribution in [2.75, 3.05) is 0 Å². The van der Waals surface area contributed by atoms with Gasteiger partial charge in [0.2, 0.25) is 0 Å². The van der Waals surface area contributed by atoms with Crippen LogP contribution >= 0.6 is 0 Å². The van der Waals surface area contributed by atoms with Gasteiger partial charge in [0, 0.05) is 12.1 Å². The Morgan fingerprint density at radius 3 is 1.26 bits per heavy atom. The molecular formula is C22H14N4O8. The minimum Gasteiger partial charge on any atom is -0.258 e. The number of benzene rings is 3. The van der Waals surface area contributed by atoms with E-state index >= 15 is 0 Å². The lowest BCUT2D eigenvalue weighted by Crippen LogP contribution is -1.95. The molecule has 3 aromatic carbocycles. The summed E-state index contributed by atoms with van der Waals surface area (Å²) in [6, 6.07) is 13.5. The average Bonchev–Trinajstić information content (AvgIpc) is 2.81. The summed E-state index contributed by atoms with van der Waals surface area (Å²) >= 11 is 0. The second-order valence-corrected chi connectivity index (χ2v) is 6.85. The highest BCUT2D eigenvalue weighted by atomic mass is 16.6. The summed E-state index contributed by atoms with van der Waals surface area (Å²) in [7, 11) is 0. The lowest BCUT2D eigenvalue weighted by molar-refractivity contribution is -0.394. The number of rotatable bonds is 8. The molecule has 34 heavy (non-hydrogen) atoms. The molecule has 0 saturated carbocycles. The van der Waals surface area contributed by atoms with E-state index in [1.165, 1.54) is 36.4 Å². The van der Waals surface area contributed by atoms with E-state index in [-0.39, 0.29) is 11.1 Å². The van der Waals surface area contributed by atoms with Crippen LogP contribution in [0.2, 0.25) is 0 Å². The van der Waals surface area contributed by atoms with Gasteiger partial charge in [-0.15, -0.1) is 0 Å². The number of nitro groups is 4. The molecule has 3 rings (SSSR count). The fraction of sp³-hybridized carbons (Fsp3) is 0. The number of hydrogen-bond acceptors (Lipinski definition) is 8. The van der Waals surface area contributed by atoms with Crippen molar-refractivity contribution < 1.29 is 19.7 Å². The molecule has 0 unspecified atom stereocenters. The van der Waals surface area contributed by atoms with Gasteiger partial charge in [0.15, 0.2) is 0 Å². The zero-order valence-corrected chi connectivity index (χ0v) is 17.1. The van der Waals surface area contributed by atoms with Crippen molar-refractivity contribution >= 4 is 47.1 Å². The SMILES string of the molecule is O=[N+]([O-])c1ccc(C=Cc2cccc(C=Cc3ccc([N+](=O)[O-])cc3[N+](=O)[O-])c2)c([N+](=O)[O-])c1. The molecule has 12 heteroatoms. The van der Waals surface area contributed by atoms with Gasteiger partial charge in [0.05, 0.1) is 43.0 Å². The quantitative estimate of drug-likeness (QED) is 0.234. The lowest BCUT2D eigenvalue weighted by Gasteiger charge is -2.00. The molecule has 0 radical (unpaired) electrons. The van der Waals surface area contributed by atoms with Crippen LogP contribution in [0.15, 0.2) is 60.7 Å². The summed E-state index contributed by atoms with van der Waals surface area (Å²) in [5, 5.41) is 44.3. The van der Waals surface area contributed by atoms with E-state index in [9.17, 15) is 40.5 Å². The van der Waals surface area contributed by atoms with Gasteiger partial charge in [-0.3, -0.25) is 40.5 Å². The van der Waals surface area contributed by atoms with Crippen LogP contribution in [0.25, 0.3) is 24.3 Å².